The van der Waals surface area contributed by atoms with E-state index in [-0.39, 0.29) is 28.7 Å². The van der Waals surface area contributed by atoms with Crippen molar-refractivity contribution in [3.63, 3.8) is 0 Å². The zero-order valence-electron chi connectivity index (χ0n) is 11.6. The van der Waals surface area contributed by atoms with E-state index in [0.717, 1.165) is 18.7 Å². The highest BCUT2D eigenvalue weighted by Gasteiger charge is 2.32. The normalized spacial score (nSPS) is 19.6. The molecule has 1 aromatic rings. The molecule has 2 rings (SSSR count). The molecular formula is C13H17BrClF3N2O2. The van der Waals surface area contributed by atoms with Crippen LogP contribution in [0.15, 0.2) is 22.7 Å². The van der Waals surface area contributed by atoms with E-state index < -0.39 is 6.36 Å². The molecule has 2 N–H and O–H groups in total. The van der Waals surface area contributed by atoms with Gasteiger partial charge in [-0.3, -0.25) is 4.90 Å². The minimum absolute atomic E-state index is 0. The summed E-state index contributed by atoms with van der Waals surface area (Å²) in [6, 6.07) is 4.57. The number of benzene rings is 1. The van der Waals surface area contributed by atoms with Crippen molar-refractivity contribution in [3.05, 3.63) is 28.2 Å². The summed E-state index contributed by atoms with van der Waals surface area (Å²) in [6.07, 6.45) is -4.68. The molecule has 1 atom stereocenters. The van der Waals surface area contributed by atoms with E-state index in [1.165, 1.54) is 6.07 Å². The lowest BCUT2D eigenvalue weighted by molar-refractivity contribution is -0.274. The third-order valence-corrected chi connectivity index (χ3v) is 3.73. The molecule has 9 heteroatoms. The molecular weight excluding hydrogens is 389 g/mol. The van der Waals surface area contributed by atoms with Gasteiger partial charge in [-0.2, -0.15) is 0 Å². The molecule has 0 radical (unpaired) electrons. The Balaban J connectivity index is 0.00000242. The summed E-state index contributed by atoms with van der Waals surface area (Å²) < 4.78 is 46.3. The molecule has 1 unspecified atom stereocenters. The lowest BCUT2D eigenvalue weighted by Gasteiger charge is -2.32. The van der Waals surface area contributed by atoms with Gasteiger partial charge in [0.05, 0.1) is 17.2 Å². The molecule has 126 valence electrons. The molecule has 0 aliphatic carbocycles. The van der Waals surface area contributed by atoms with Gasteiger partial charge in [-0.05, 0) is 33.6 Å². The zero-order chi connectivity index (χ0) is 15.5. The molecule has 1 aromatic carbocycles. The minimum Gasteiger partial charge on any atom is -0.405 e. The molecule has 22 heavy (non-hydrogen) atoms. The van der Waals surface area contributed by atoms with Crippen LogP contribution in [0.1, 0.15) is 5.56 Å². The number of ether oxygens (including phenoxy) is 2. The van der Waals surface area contributed by atoms with Crippen molar-refractivity contribution in [3.8, 4) is 5.75 Å². The van der Waals surface area contributed by atoms with Crippen LogP contribution in [0.25, 0.3) is 0 Å². The lowest BCUT2D eigenvalue weighted by atomic mass is 10.2. The van der Waals surface area contributed by atoms with Crippen LogP contribution < -0.4 is 10.5 Å². The number of alkyl halides is 3. The first-order chi connectivity index (χ1) is 9.87. The predicted octanol–water partition coefficient (Wildman–Crippen LogP) is 2.93. The molecule has 1 fully saturated rings. The first kappa shape index (κ1) is 19.5. The summed E-state index contributed by atoms with van der Waals surface area (Å²) in [7, 11) is 0. The molecule has 0 saturated carbocycles. The van der Waals surface area contributed by atoms with Gasteiger partial charge in [-0.25, -0.2) is 0 Å². The molecule has 1 aliphatic rings. The van der Waals surface area contributed by atoms with Crippen molar-refractivity contribution in [1.82, 2.24) is 4.90 Å². The van der Waals surface area contributed by atoms with Crippen LogP contribution in [-0.4, -0.2) is 43.6 Å². The molecule has 1 aliphatic heterocycles. The van der Waals surface area contributed by atoms with Crippen LogP contribution in [0.2, 0.25) is 0 Å². The molecule has 4 nitrogen and oxygen atoms in total. The Labute approximate surface area is 141 Å². The van der Waals surface area contributed by atoms with Gasteiger partial charge < -0.3 is 15.2 Å². The topological polar surface area (TPSA) is 47.7 Å². The Morgan fingerprint density at radius 3 is 2.73 bits per heavy atom. The van der Waals surface area contributed by atoms with E-state index in [1.54, 1.807) is 12.1 Å². The van der Waals surface area contributed by atoms with Gasteiger partial charge in [0, 0.05) is 26.2 Å². The Morgan fingerprint density at radius 2 is 2.14 bits per heavy atom. The summed E-state index contributed by atoms with van der Waals surface area (Å²) in [5.41, 5.74) is 6.48. The highest BCUT2D eigenvalue weighted by molar-refractivity contribution is 9.10. The minimum atomic E-state index is -4.69. The number of nitrogens with two attached hydrogens (primary N) is 1. The van der Waals surface area contributed by atoms with Crippen LogP contribution in [0, 0.1) is 0 Å². The Hall–Kier alpha value is -0.540. The SMILES string of the molecule is Cl.NCC1CN(Cc2ccc(OC(F)(F)F)c(Br)c2)CCO1. The standard InChI is InChI=1S/C13H16BrF3N2O2.ClH/c14-11-5-9(1-2-12(11)21-13(15,16)17)7-19-3-4-20-10(6-18)8-19;/h1-2,5,10H,3-4,6-8,18H2;1H. The van der Waals surface area contributed by atoms with Crippen LogP contribution in [0.3, 0.4) is 0 Å². The van der Waals surface area contributed by atoms with Gasteiger partial charge in [0.2, 0.25) is 0 Å². The van der Waals surface area contributed by atoms with Gasteiger partial charge in [0.1, 0.15) is 5.75 Å². The fourth-order valence-electron chi connectivity index (χ4n) is 2.17. The maximum absolute atomic E-state index is 12.2. The van der Waals surface area contributed by atoms with Gasteiger partial charge >= 0.3 is 6.36 Å². The van der Waals surface area contributed by atoms with Crippen LogP contribution in [0.4, 0.5) is 13.2 Å². The molecule has 0 bridgehead atoms. The zero-order valence-corrected chi connectivity index (χ0v) is 14.0. The van der Waals surface area contributed by atoms with Gasteiger partial charge in [0.15, 0.2) is 0 Å². The molecule has 1 saturated heterocycles. The number of hydrogen-bond acceptors (Lipinski definition) is 4. The fraction of sp³-hybridized carbons (Fsp3) is 0.538. The smallest absolute Gasteiger partial charge is 0.405 e. The number of hydrogen-bond donors (Lipinski definition) is 1. The summed E-state index contributed by atoms with van der Waals surface area (Å²) in [4.78, 5) is 2.16. The van der Waals surface area contributed by atoms with Crippen LogP contribution in [0.5, 0.6) is 5.75 Å². The molecule has 0 aromatic heterocycles. The van der Waals surface area contributed by atoms with Crippen LogP contribution in [-0.2, 0) is 11.3 Å². The summed E-state index contributed by atoms with van der Waals surface area (Å²) >= 11 is 3.10. The number of nitrogens with zero attached hydrogens (tertiary/aromatic N) is 1. The quantitative estimate of drug-likeness (QED) is 0.837. The highest BCUT2D eigenvalue weighted by atomic mass is 79.9. The average Bonchev–Trinajstić information content (AvgIpc) is 2.41. The third kappa shape index (κ3) is 5.92. The van der Waals surface area contributed by atoms with Crippen molar-refractivity contribution in [1.29, 1.82) is 0 Å². The second-order valence-corrected chi connectivity index (χ2v) is 5.63. The molecule has 1 heterocycles. The van der Waals surface area contributed by atoms with Crippen LogP contribution >= 0.6 is 28.3 Å². The van der Waals surface area contributed by atoms with Crippen molar-refractivity contribution in [2.75, 3.05) is 26.2 Å². The lowest BCUT2D eigenvalue weighted by Crippen LogP contribution is -2.45. The first-order valence-corrected chi connectivity index (χ1v) is 7.25. The van der Waals surface area contributed by atoms with E-state index >= 15 is 0 Å². The van der Waals surface area contributed by atoms with E-state index in [9.17, 15) is 13.2 Å². The number of halogens is 5. The maximum atomic E-state index is 12.2. The monoisotopic (exact) mass is 404 g/mol. The maximum Gasteiger partial charge on any atom is 0.573 e. The number of rotatable bonds is 4. The number of morpholine rings is 1. The van der Waals surface area contributed by atoms with Gasteiger partial charge in [0.25, 0.3) is 0 Å². The Morgan fingerprint density at radius 1 is 1.41 bits per heavy atom. The van der Waals surface area contributed by atoms with Crippen molar-refractivity contribution >= 4 is 28.3 Å². The molecule has 0 spiro atoms. The second kappa shape index (κ2) is 8.35. The van der Waals surface area contributed by atoms with Crippen molar-refractivity contribution in [2.45, 2.75) is 19.0 Å². The van der Waals surface area contributed by atoms with E-state index in [4.69, 9.17) is 10.5 Å². The fourth-order valence-corrected chi connectivity index (χ4v) is 2.68. The van der Waals surface area contributed by atoms with Crippen molar-refractivity contribution in [2.24, 2.45) is 5.73 Å². The van der Waals surface area contributed by atoms with E-state index in [2.05, 4.69) is 25.6 Å². The predicted molar refractivity (Wildman–Crippen MR) is 82.1 cm³/mol. The summed E-state index contributed by atoms with van der Waals surface area (Å²) in [6.45, 7) is 3.19. The average molecular weight is 406 g/mol. The third-order valence-electron chi connectivity index (χ3n) is 3.11. The largest absolute Gasteiger partial charge is 0.573 e. The Kier molecular flexibility index (Phi) is 7.40. The Bertz CT molecular complexity index is 491. The summed E-state index contributed by atoms with van der Waals surface area (Å²) in [5.74, 6) is -0.243. The summed E-state index contributed by atoms with van der Waals surface area (Å²) in [5, 5.41) is 0. The first-order valence-electron chi connectivity index (χ1n) is 6.45. The second-order valence-electron chi connectivity index (χ2n) is 4.78. The highest BCUT2D eigenvalue weighted by Crippen LogP contribution is 2.31. The van der Waals surface area contributed by atoms with Crippen molar-refractivity contribution < 1.29 is 22.6 Å². The molecule has 0 amide bonds. The van der Waals surface area contributed by atoms with E-state index in [1.807, 2.05) is 0 Å². The van der Waals surface area contributed by atoms with E-state index in [0.29, 0.717) is 19.7 Å². The van der Waals surface area contributed by atoms with Gasteiger partial charge in [-0.15, -0.1) is 25.6 Å². The van der Waals surface area contributed by atoms with Gasteiger partial charge in [-0.1, -0.05) is 6.07 Å².